The first kappa shape index (κ1) is 23.8. The third-order valence-electron chi connectivity index (χ3n) is 5.76. The molecule has 8 heteroatoms. The Kier molecular flexibility index (Phi) is 6.61. The maximum atomic E-state index is 13.3. The average molecular weight is 477 g/mol. The summed E-state index contributed by atoms with van der Waals surface area (Å²) in [5.74, 6) is -0.0222. The smallest absolute Gasteiger partial charge is 0.269 e. The Bertz CT molecular complexity index is 1320. The monoisotopic (exact) mass is 476 g/mol. The van der Waals surface area contributed by atoms with Crippen LogP contribution < -0.4 is 0 Å². The molecule has 0 bridgehead atoms. The molecule has 0 radical (unpaired) electrons. The molecule has 1 amide bonds. The quantitative estimate of drug-likeness (QED) is 0.248. The number of aromatic nitrogens is 1. The Labute approximate surface area is 203 Å². The first-order valence-corrected chi connectivity index (χ1v) is 12.1. The average Bonchev–Trinajstić information content (AvgIpc) is 3.22. The number of nitrogens with zero attached hydrogens (tertiary/aromatic N) is 4. The van der Waals surface area contributed by atoms with Gasteiger partial charge in [0.1, 0.15) is 0 Å². The second-order valence-corrected chi connectivity index (χ2v) is 9.92. The van der Waals surface area contributed by atoms with Gasteiger partial charge < -0.3 is 4.57 Å². The van der Waals surface area contributed by atoms with Crippen molar-refractivity contribution in [1.29, 1.82) is 0 Å². The van der Waals surface area contributed by atoms with E-state index in [1.807, 2.05) is 52.8 Å². The van der Waals surface area contributed by atoms with E-state index in [9.17, 15) is 14.9 Å². The summed E-state index contributed by atoms with van der Waals surface area (Å²) in [5.41, 5.74) is 4.14. The number of benzene rings is 2. The van der Waals surface area contributed by atoms with Gasteiger partial charge in [-0.3, -0.25) is 24.8 Å². The van der Waals surface area contributed by atoms with Gasteiger partial charge in [-0.25, -0.2) is 0 Å². The van der Waals surface area contributed by atoms with Crippen LogP contribution in [0.1, 0.15) is 44.5 Å². The Morgan fingerprint density at radius 2 is 1.76 bits per heavy atom. The summed E-state index contributed by atoms with van der Waals surface area (Å²) >= 11 is 1.43. The van der Waals surface area contributed by atoms with Crippen LogP contribution >= 0.6 is 11.8 Å². The van der Waals surface area contributed by atoms with Crippen molar-refractivity contribution in [2.24, 2.45) is 4.99 Å². The minimum Gasteiger partial charge on any atom is -0.340 e. The summed E-state index contributed by atoms with van der Waals surface area (Å²) in [6.45, 7) is 10.6. The lowest BCUT2D eigenvalue weighted by molar-refractivity contribution is -0.384. The van der Waals surface area contributed by atoms with Crippen molar-refractivity contribution in [1.82, 2.24) is 9.47 Å². The summed E-state index contributed by atoms with van der Waals surface area (Å²) in [5, 5.41) is 12.8. The number of hydrogen-bond acceptors (Lipinski definition) is 5. The van der Waals surface area contributed by atoms with Crippen molar-refractivity contribution in [3.05, 3.63) is 80.4 Å². The first-order valence-electron chi connectivity index (χ1n) is 11.3. The number of rotatable bonds is 6. The highest BCUT2D eigenvalue weighted by molar-refractivity contribution is 8.18. The summed E-state index contributed by atoms with van der Waals surface area (Å²) in [6, 6.07) is 14.9. The molecule has 0 aliphatic carbocycles. The van der Waals surface area contributed by atoms with Gasteiger partial charge in [0.25, 0.3) is 11.6 Å². The fourth-order valence-electron chi connectivity index (χ4n) is 4.13. The fourth-order valence-corrected chi connectivity index (χ4v) is 5.35. The Morgan fingerprint density at radius 1 is 1.09 bits per heavy atom. The number of hydrogen-bond donors (Lipinski definition) is 0. The maximum Gasteiger partial charge on any atom is 0.269 e. The number of amidine groups is 1. The molecule has 0 spiro atoms. The van der Waals surface area contributed by atoms with E-state index < -0.39 is 4.92 Å². The summed E-state index contributed by atoms with van der Waals surface area (Å²) in [7, 11) is 0. The van der Waals surface area contributed by atoms with Gasteiger partial charge in [0.15, 0.2) is 5.17 Å². The van der Waals surface area contributed by atoms with Crippen LogP contribution in [0.4, 0.5) is 5.69 Å². The van der Waals surface area contributed by atoms with E-state index in [0.29, 0.717) is 11.4 Å². The maximum absolute atomic E-state index is 13.3. The zero-order valence-corrected chi connectivity index (χ0v) is 20.8. The zero-order chi connectivity index (χ0) is 24.6. The van der Waals surface area contributed by atoms with Crippen molar-refractivity contribution in [2.45, 2.75) is 53.2 Å². The molecule has 1 saturated heterocycles. The van der Waals surface area contributed by atoms with Crippen LogP contribution in [0.25, 0.3) is 17.0 Å². The van der Waals surface area contributed by atoms with Gasteiger partial charge in [-0.15, -0.1) is 0 Å². The van der Waals surface area contributed by atoms with Gasteiger partial charge in [-0.1, -0.05) is 30.3 Å². The number of fused-ring (bicyclic) bond motifs is 1. The molecule has 176 valence electrons. The van der Waals surface area contributed by atoms with Crippen molar-refractivity contribution in [3.8, 4) is 0 Å². The van der Waals surface area contributed by atoms with Crippen LogP contribution in [0.5, 0.6) is 0 Å². The SMILES string of the molecule is Cc1c(/C=C2/SC(=NC(C)C)N(C(C)C)C2=O)c2ccccc2n1Cc1ccc([N+](=O)[O-])cc1. The van der Waals surface area contributed by atoms with E-state index in [0.717, 1.165) is 32.9 Å². The Balaban J connectivity index is 1.77. The molecular formula is C26H28N4O3S. The molecule has 1 aliphatic rings. The molecule has 1 aliphatic heterocycles. The molecule has 0 saturated carbocycles. The molecule has 0 unspecified atom stereocenters. The number of thioether (sulfide) groups is 1. The highest BCUT2D eigenvalue weighted by atomic mass is 32.2. The lowest BCUT2D eigenvalue weighted by Gasteiger charge is -2.20. The number of carbonyl (C=O) groups is 1. The molecule has 3 aromatic rings. The predicted octanol–water partition coefficient (Wildman–Crippen LogP) is 6.00. The van der Waals surface area contributed by atoms with E-state index in [4.69, 9.17) is 0 Å². The molecule has 7 nitrogen and oxygen atoms in total. The van der Waals surface area contributed by atoms with E-state index in [2.05, 4.69) is 21.7 Å². The number of nitro groups is 1. The van der Waals surface area contributed by atoms with Crippen LogP contribution in [-0.4, -0.2) is 37.5 Å². The third kappa shape index (κ3) is 4.50. The van der Waals surface area contributed by atoms with Gasteiger partial charge >= 0.3 is 0 Å². The topological polar surface area (TPSA) is 80.7 Å². The van der Waals surface area contributed by atoms with Crippen LogP contribution in [0.2, 0.25) is 0 Å². The Hall–Kier alpha value is -3.39. The molecule has 0 atom stereocenters. The predicted molar refractivity (Wildman–Crippen MR) is 139 cm³/mol. The van der Waals surface area contributed by atoms with Crippen LogP contribution in [0, 0.1) is 17.0 Å². The van der Waals surface area contributed by atoms with Gasteiger partial charge in [-0.05, 0) is 64.1 Å². The van der Waals surface area contributed by atoms with E-state index in [1.165, 1.54) is 23.9 Å². The number of carbonyl (C=O) groups excluding carboxylic acids is 1. The zero-order valence-electron chi connectivity index (χ0n) is 20.0. The summed E-state index contributed by atoms with van der Waals surface area (Å²) in [4.78, 5) is 31.0. The third-order valence-corrected chi connectivity index (χ3v) is 6.76. The minimum absolute atomic E-state index is 0.0213. The van der Waals surface area contributed by atoms with Gasteiger partial charge in [0.2, 0.25) is 0 Å². The molecule has 4 rings (SSSR count). The van der Waals surface area contributed by atoms with E-state index >= 15 is 0 Å². The molecule has 2 aromatic carbocycles. The second kappa shape index (κ2) is 9.46. The lowest BCUT2D eigenvalue weighted by Crippen LogP contribution is -2.35. The first-order chi connectivity index (χ1) is 16.2. The number of non-ortho nitro benzene ring substituents is 1. The number of para-hydroxylation sites is 1. The van der Waals surface area contributed by atoms with Crippen molar-refractivity contribution >= 4 is 45.5 Å². The molecule has 1 fully saturated rings. The summed E-state index contributed by atoms with van der Waals surface area (Å²) < 4.78 is 2.19. The number of amides is 1. The van der Waals surface area contributed by atoms with Crippen molar-refractivity contribution < 1.29 is 9.72 Å². The van der Waals surface area contributed by atoms with E-state index in [1.54, 1.807) is 17.0 Å². The molecule has 34 heavy (non-hydrogen) atoms. The highest BCUT2D eigenvalue weighted by Gasteiger charge is 2.35. The van der Waals surface area contributed by atoms with Crippen molar-refractivity contribution in [3.63, 3.8) is 0 Å². The fraction of sp³-hybridized carbons (Fsp3) is 0.308. The van der Waals surface area contributed by atoms with Crippen LogP contribution in [0.3, 0.4) is 0 Å². The molecule has 2 heterocycles. The normalized spacial score (nSPS) is 16.7. The molecule has 0 N–H and O–H groups in total. The van der Waals surface area contributed by atoms with Crippen molar-refractivity contribution in [2.75, 3.05) is 0 Å². The number of aliphatic imine (C=N–C) groups is 1. The molecular weight excluding hydrogens is 448 g/mol. The molecule has 1 aromatic heterocycles. The number of nitro benzene ring substituents is 1. The summed E-state index contributed by atoms with van der Waals surface area (Å²) in [6.07, 6.45) is 1.98. The van der Waals surface area contributed by atoms with E-state index in [-0.39, 0.29) is 23.7 Å². The van der Waals surface area contributed by atoms with Gasteiger partial charge in [0.05, 0.1) is 9.83 Å². The largest absolute Gasteiger partial charge is 0.340 e. The standard InChI is InChI=1S/C26H28N4O3S/c1-16(2)27-26-29(17(3)4)25(31)24(34-26)14-22-18(5)28(23-9-7-6-8-21(22)23)15-19-10-12-20(13-11-19)30(32)33/h6-14,16-17H,15H2,1-5H3/b24-14+,27-26?. The lowest BCUT2D eigenvalue weighted by atomic mass is 10.1. The van der Waals surface area contributed by atoms with Gasteiger partial charge in [-0.2, -0.15) is 0 Å². The Morgan fingerprint density at radius 3 is 2.38 bits per heavy atom. The van der Waals surface area contributed by atoms with Crippen LogP contribution in [0.15, 0.2) is 58.4 Å². The minimum atomic E-state index is -0.391. The van der Waals surface area contributed by atoms with Gasteiger partial charge in [0, 0.05) is 52.9 Å². The van der Waals surface area contributed by atoms with Crippen LogP contribution in [-0.2, 0) is 11.3 Å². The second-order valence-electron chi connectivity index (χ2n) is 8.91. The highest BCUT2D eigenvalue weighted by Crippen LogP contribution is 2.37.